The van der Waals surface area contributed by atoms with Crippen LogP contribution in [0.25, 0.3) is 0 Å². The fourth-order valence-corrected chi connectivity index (χ4v) is 3.26. The molecule has 0 saturated heterocycles. The summed E-state index contributed by atoms with van der Waals surface area (Å²) in [5.41, 5.74) is 7.62. The van der Waals surface area contributed by atoms with Gasteiger partial charge >= 0.3 is 5.69 Å². The van der Waals surface area contributed by atoms with Crippen molar-refractivity contribution >= 4 is 23.2 Å². The van der Waals surface area contributed by atoms with Gasteiger partial charge in [0.05, 0.1) is 18.6 Å². The number of benzene rings is 2. The molecule has 0 aliphatic rings. The molecule has 0 bridgehead atoms. The quantitative estimate of drug-likeness (QED) is 0.373. The summed E-state index contributed by atoms with van der Waals surface area (Å²) in [6.07, 6.45) is 0. The number of anilines is 1. The van der Waals surface area contributed by atoms with E-state index in [9.17, 15) is 19.7 Å². The van der Waals surface area contributed by atoms with Gasteiger partial charge in [-0.25, -0.2) is 0 Å². The van der Waals surface area contributed by atoms with E-state index in [-0.39, 0.29) is 24.0 Å². The zero-order valence-electron chi connectivity index (χ0n) is 18.3. The lowest BCUT2D eigenvalue weighted by Crippen LogP contribution is -2.20. The molecule has 0 unspecified atom stereocenters. The van der Waals surface area contributed by atoms with E-state index in [1.165, 1.54) is 13.2 Å². The maximum Gasteiger partial charge on any atom is 0.312 e. The molecule has 0 radical (unpaired) electrons. The van der Waals surface area contributed by atoms with Crippen LogP contribution in [-0.4, -0.2) is 40.2 Å². The number of primary amides is 1. The summed E-state index contributed by atoms with van der Waals surface area (Å²) >= 11 is 0. The van der Waals surface area contributed by atoms with Gasteiger partial charge in [-0.15, -0.1) is 0 Å². The zero-order chi connectivity index (χ0) is 24.1. The van der Waals surface area contributed by atoms with Gasteiger partial charge in [-0.05, 0) is 43.7 Å². The van der Waals surface area contributed by atoms with Crippen LogP contribution < -0.4 is 20.5 Å². The summed E-state index contributed by atoms with van der Waals surface area (Å²) in [7, 11) is 1.45. The minimum Gasteiger partial charge on any atom is -0.493 e. The molecule has 0 spiro atoms. The number of nitrogens with one attached hydrogen (secondary N) is 1. The van der Waals surface area contributed by atoms with Crippen molar-refractivity contribution in [3.63, 3.8) is 0 Å². The first-order valence-electron chi connectivity index (χ1n) is 9.87. The topological polar surface area (TPSA) is 152 Å². The Balaban J connectivity index is 1.71. The van der Waals surface area contributed by atoms with Gasteiger partial charge in [-0.1, -0.05) is 12.1 Å². The number of rotatable bonds is 9. The Morgan fingerprint density at radius 3 is 2.42 bits per heavy atom. The lowest BCUT2D eigenvalue weighted by molar-refractivity contribution is -0.386. The second-order valence-corrected chi connectivity index (χ2v) is 7.21. The monoisotopic (exact) mass is 453 g/mol. The third-order valence-corrected chi connectivity index (χ3v) is 4.87. The summed E-state index contributed by atoms with van der Waals surface area (Å²) in [4.78, 5) is 34.4. The molecule has 0 aliphatic heterocycles. The SMILES string of the molecule is COc1ccc(NC(=O)c2ccc(Cn3nc(C)c([N+](=O)[O-])c3C)cc2)cc1OCC(N)=O. The number of aromatic nitrogens is 2. The third kappa shape index (κ3) is 5.45. The summed E-state index contributed by atoms with van der Waals surface area (Å²) in [6, 6.07) is 11.6. The zero-order valence-corrected chi connectivity index (χ0v) is 18.3. The maximum absolute atomic E-state index is 12.6. The molecule has 172 valence electrons. The lowest BCUT2D eigenvalue weighted by Gasteiger charge is -2.12. The van der Waals surface area contributed by atoms with Crippen LogP contribution in [0.1, 0.15) is 27.3 Å². The molecule has 3 aromatic rings. The Labute approximate surface area is 189 Å². The lowest BCUT2D eigenvalue weighted by atomic mass is 10.1. The van der Waals surface area contributed by atoms with Gasteiger partial charge in [0.15, 0.2) is 18.1 Å². The van der Waals surface area contributed by atoms with Gasteiger partial charge in [0, 0.05) is 17.3 Å². The van der Waals surface area contributed by atoms with E-state index in [1.54, 1.807) is 54.9 Å². The molecule has 1 heterocycles. The summed E-state index contributed by atoms with van der Waals surface area (Å²) < 4.78 is 12.1. The van der Waals surface area contributed by atoms with Crippen LogP contribution in [0, 0.1) is 24.0 Å². The van der Waals surface area contributed by atoms with E-state index in [1.807, 2.05) is 0 Å². The number of ether oxygens (including phenoxy) is 2. The summed E-state index contributed by atoms with van der Waals surface area (Å²) in [6.45, 7) is 3.25. The van der Waals surface area contributed by atoms with Crippen LogP contribution in [0.3, 0.4) is 0 Å². The van der Waals surface area contributed by atoms with Crippen molar-refractivity contribution in [1.29, 1.82) is 0 Å². The molecule has 11 heteroatoms. The Morgan fingerprint density at radius 2 is 1.85 bits per heavy atom. The molecular weight excluding hydrogens is 430 g/mol. The Kier molecular flexibility index (Phi) is 6.91. The van der Waals surface area contributed by atoms with Gasteiger partial charge in [0.2, 0.25) is 0 Å². The van der Waals surface area contributed by atoms with Crippen molar-refractivity contribution in [1.82, 2.24) is 9.78 Å². The number of hydrogen-bond donors (Lipinski definition) is 2. The van der Waals surface area contributed by atoms with Crippen molar-refractivity contribution in [2.75, 3.05) is 19.0 Å². The van der Waals surface area contributed by atoms with Gasteiger partial charge in [0.1, 0.15) is 11.4 Å². The van der Waals surface area contributed by atoms with Crippen molar-refractivity contribution < 1.29 is 24.0 Å². The van der Waals surface area contributed by atoms with E-state index < -0.39 is 10.8 Å². The van der Waals surface area contributed by atoms with Crippen molar-refractivity contribution in [2.24, 2.45) is 5.73 Å². The highest BCUT2D eigenvalue weighted by atomic mass is 16.6. The van der Waals surface area contributed by atoms with E-state index >= 15 is 0 Å². The van der Waals surface area contributed by atoms with Gasteiger partial charge in [-0.2, -0.15) is 5.10 Å². The maximum atomic E-state index is 12.6. The minimum absolute atomic E-state index is 0.00432. The predicted octanol–water partition coefficient (Wildman–Crippen LogP) is 2.58. The van der Waals surface area contributed by atoms with Crippen LogP contribution in [0.4, 0.5) is 11.4 Å². The second-order valence-electron chi connectivity index (χ2n) is 7.21. The first-order chi connectivity index (χ1) is 15.7. The Morgan fingerprint density at radius 1 is 1.15 bits per heavy atom. The van der Waals surface area contributed by atoms with Gasteiger partial charge < -0.3 is 20.5 Å². The molecule has 0 atom stereocenters. The molecule has 3 rings (SSSR count). The molecule has 3 N–H and O–H groups in total. The number of carbonyl (C=O) groups excluding carboxylic acids is 2. The van der Waals surface area contributed by atoms with Crippen molar-refractivity contribution in [2.45, 2.75) is 20.4 Å². The largest absolute Gasteiger partial charge is 0.493 e. The van der Waals surface area contributed by atoms with Crippen molar-refractivity contribution in [3.8, 4) is 11.5 Å². The van der Waals surface area contributed by atoms with Gasteiger partial charge in [0.25, 0.3) is 11.8 Å². The number of nitrogens with two attached hydrogens (primary N) is 1. The molecule has 33 heavy (non-hydrogen) atoms. The van der Waals surface area contributed by atoms with Gasteiger partial charge in [-0.3, -0.25) is 24.4 Å². The molecular formula is C22H23N5O6. The average molecular weight is 453 g/mol. The molecule has 0 saturated carbocycles. The van der Waals surface area contributed by atoms with Crippen LogP contribution in [0.5, 0.6) is 11.5 Å². The smallest absolute Gasteiger partial charge is 0.312 e. The third-order valence-electron chi connectivity index (χ3n) is 4.87. The Bertz CT molecular complexity index is 1200. The standard InChI is InChI=1S/C22H23N5O6/c1-13-21(27(30)31)14(2)26(25-13)11-15-4-6-16(7-5-15)22(29)24-17-8-9-18(32-3)19(10-17)33-12-20(23)28/h4-10H,11-12H2,1-3H3,(H2,23,28)(H,24,29). The fourth-order valence-electron chi connectivity index (χ4n) is 3.26. The predicted molar refractivity (Wildman–Crippen MR) is 120 cm³/mol. The molecule has 0 aliphatic carbocycles. The average Bonchev–Trinajstić information content (AvgIpc) is 3.05. The van der Waals surface area contributed by atoms with Crippen LogP contribution in [0.15, 0.2) is 42.5 Å². The first-order valence-corrected chi connectivity index (χ1v) is 9.87. The normalized spacial score (nSPS) is 10.5. The highest BCUT2D eigenvalue weighted by molar-refractivity contribution is 6.04. The molecule has 2 amide bonds. The molecule has 2 aromatic carbocycles. The number of hydrogen-bond acceptors (Lipinski definition) is 7. The number of nitrogens with zero attached hydrogens (tertiary/aromatic N) is 3. The molecule has 0 fully saturated rings. The fraction of sp³-hybridized carbons (Fsp3) is 0.227. The minimum atomic E-state index is -0.637. The second kappa shape index (κ2) is 9.81. The van der Waals surface area contributed by atoms with Crippen LogP contribution >= 0.6 is 0 Å². The first kappa shape index (κ1) is 23.3. The van der Waals surface area contributed by atoms with Crippen LogP contribution in [-0.2, 0) is 11.3 Å². The summed E-state index contributed by atoms with van der Waals surface area (Å²) in [5, 5.41) is 18.2. The number of amides is 2. The van der Waals surface area contributed by atoms with Crippen LogP contribution in [0.2, 0.25) is 0 Å². The van der Waals surface area contributed by atoms with E-state index in [4.69, 9.17) is 15.2 Å². The number of aryl methyl sites for hydroxylation is 1. The highest BCUT2D eigenvalue weighted by Crippen LogP contribution is 2.30. The summed E-state index contributed by atoms with van der Waals surface area (Å²) in [5.74, 6) is -0.331. The van der Waals surface area contributed by atoms with E-state index in [2.05, 4.69) is 10.4 Å². The van der Waals surface area contributed by atoms with E-state index in [0.717, 1.165) is 5.56 Å². The van der Waals surface area contributed by atoms with E-state index in [0.29, 0.717) is 34.9 Å². The Hall–Kier alpha value is -4.41. The number of carbonyl (C=O) groups is 2. The number of methoxy groups -OCH3 is 1. The van der Waals surface area contributed by atoms with Crippen molar-refractivity contribution in [3.05, 3.63) is 75.1 Å². The number of nitro groups is 1. The molecule has 11 nitrogen and oxygen atoms in total. The highest BCUT2D eigenvalue weighted by Gasteiger charge is 2.21. The molecule has 1 aromatic heterocycles.